The van der Waals surface area contributed by atoms with Crippen molar-refractivity contribution in [2.75, 3.05) is 0 Å². The molecular formula is C8H10BrNO2. The minimum atomic E-state index is -1.11. The van der Waals surface area contributed by atoms with E-state index in [2.05, 4.69) is 15.9 Å². The van der Waals surface area contributed by atoms with E-state index in [1.807, 2.05) is 0 Å². The Kier molecular flexibility index (Phi) is 2.39. The first-order valence-corrected chi connectivity index (χ1v) is 4.33. The van der Waals surface area contributed by atoms with Crippen molar-refractivity contribution in [1.29, 1.82) is 0 Å². The Labute approximate surface area is 79.4 Å². The second-order valence-electron chi connectivity index (χ2n) is 3.09. The molecule has 0 aromatic carbocycles. The van der Waals surface area contributed by atoms with Crippen LogP contribution in [0.1, 0.15) is 19.5 Å². The van der Waals surface area contributed by atoms with Crippen LogP contribution in [0.25, 0.3) is 0 Å². The van der Waals surface area contributed by atoms with Crippen molar-refractivity contribution in [3.8, 4) is 0 Å². The molecule has 0 amide bonds. The van der Waals surface area contributed by atoms with Crippen molar-refractivity contribution in [2.24, 2.45) is 0 Å². The van der Waals surface area contributed by atoms with Gasteiger partial charge in [-0.25, -0.2) is 0 Å². The summed E-state index contributed by atoms with van der Waals surface area (Å²) < 4.78 is 1.07. The van der Waals surface area contributed by atoms with E-state index in [0.29, 0.717) is 15.0 Å². The van der Waals surface area contributed by atoms with E-state index in [4.69, 9.17) is 0 Å². The van der Waals surface area contributed by atoms with E-state index in [-0.39, 0.29) is 0 Å². The summed E-state index contributed by atoms with van der Waals surface area (Å²) in [6, 6.07) is 4.94. The standard InChI is InChI=1S/C8H10BrNO2/c1-8(2,11)6-4-3-5-7(9)10(6)12/h3-5,11H,1-2H3. The number of aromatic nitrogens is 1. The van der Waals surface area contributed by atoms with Gasteiger partial charge in [-0.1, -0.05) is 0 Å². The van der Waals surface area contributed by atoms with Crippen molar-refractivity contribution in [3.63, 3.8) is 0 Å². The van der Waals surface area contributed by atoms with Gasteiger partial charge in [0.1, 0.15) is 5.60 Å². The van der Waals surface area contributed by atoms with Gasteiger partial charge in [0.05, 0.1) is 0 Å². The van der Waals surface area contributed by atoms with Crippen LogP contribution < -0.4 is 4.73 Å². The highest BCUT2D eigenvalue weighted by Gasteiger charge is 2.25. The average molecular weight is 232 g/mol. The van der Waals surface area contributed by atoms with E-state index >= 15 is 0 Å². The van der Waals surface area contributed by atoms with Crippen LogP contribution in [0, 0.1) is 5.21 Å². The lowest BCUT2D eigenvalue weighted by molar-refractivity contribution is -0.633. The molecule has 0 atom stereocenters. The van der Waals surface area contributed by atoms with Crippen LogP contribution >= 0.6 is 15.9 Å². The first-order valence-electron chi connectivity index (χ1n) is 3.54. The Hall–Kier alpha value is -0.610. The molecule has 0 unspecified atom stereocenters. The predicted octanol–water partition coefficient (Wildman–Crippen LogP) is 1.31. The predicted molar refractivity (Wildman–Crippen MR) is 48.3 cm³/mol. The summed E-state index contributed by atoms with van der Waals surface area (Å²) >= 11 is 3.08. The molecule has 0 bridgehead atoms. The largest absolute Gasteiger partial charge is 0.618 e. The van der Waals surface area contributed by atoms with Crippen molar-refractivity contribution >= 4 is 15.9 Å². The molecule has 1 aromatic heterocycles. The lowest BCUT2D eigenvalue weighted by Crippen LogP contribution is -2.40. The van der Waals surface area contributed by atoms with Gasteiger partial charge in [0.2, 0.25) is 5.69 Å². The van der Waals surface area contributed by atoms with Crippen molar-refractivity contribution in [3.05, 3.63) is 33.7 Å². The number of hydrogen-bond acceptors (Lipinski definition) is 2. The van der Waals surface area contributed by atoms with Gasteiger partial charge in [0, 0.05) is 28.1 Å². The van der Waals surface area contributed by atoms with Gasteiger partial charge in [0.15, 0.2) is 0 Å². The van der Waals surface area contributed by atoms with Gasteiger partial charge in [-0.05, 0) is 19.9 Å². The Morgan fingerprint density at radius 1 is 1.50 bits per heavy atom. The molecule has 1 rings (SSSR count). The second kappa shape index (κ2) is 3.03. The molecule has 0 saturated heterocycles. The van der Waals surface area contributed by atoms with Crippen LogP contribution in [-0.4, -0.2) is 5.11 Å². The smallest absolute Gasteiger partial charge is 0.259 e. The van der Waals surface area contributed by atoms with Crippen LogP contribution in [0.5, 0.6) is 0 Å². The van der Waals surface area contributed by atoms with Crippen molar-refractivity contribution < 1.29 is 9.84 Å². The highest BCUT2D eigenvalue weighted by atomic mass is 79.9. The molecule has 12 heavy (non-hydrogen) atoms. The molecule has 0 spiro atoms. The van der Waals surface area contributed by atoms with Crippen LogP contribution in [0.2, 0.25) is 0 Å². The third-order valence-electron chi connectivity index (χ3n) is 1.53. The van der Waals surface area contributed by atoms with Crippen LogP contribution in [0.3, 0.4) is 0 Å². The Morgan fingerprint density at radius 3 is 2.50 bits per heavy atom. The van der Waals surface area contributed by atoms with E-state index in [1.54, 1.807) is 32.0 Å². The van der Waals surface area contributed by atoms with Crippen molar-refractivity contribution in [1.82, 2.24) is 0 Å². The van der Waals surface area contributed by atoms with E-state index in [1.165, 1.54) is 0 Å². The summed E-state index contributed by atoms with van der Waals surface area (Å²) in [5.74, 6) is 0. The summed E-state index contributed by atoms with van der Waals surface area (Å²) in [7, 11) is 0. The molecule has 4 heteroatoms. The zero-order valence-electron chi connectivity index (χ0n) is 6.91. The average Bonchev–Trinajstić information content (AvgIpc) is 1.92. The van der Waals surface area contributed by atoms with Gasteiger partial charge in [-0.2, -0.15) is 4.73 Å². The number of aliphatic hydroxyl groups is 1. The second-order valence-corrected chi connectivity index (χ2v) is 3.90. The highest BCUT2D eigenvalue weighted by Crippen LogP contribution is 2.16. The van der Waals surface area contributed by atoms with E-state index < -0.39 is 5.60 Å². The fourth-order valence-corrected chi connectivity index (χ4v) is 1.27. The van der Waals surface area contributed by atoms with Crippen LogP contribution in [-0.2, 0) is 5.60 Å². The molecule has 3 nitrogen and oxygen atoms in total. The number of pyridine rings is 1. The minimum absolute atomic E-state index is 0.330. The molecule has 0 aliphatic carbocycles. The summed E-state index contributed by atoms with van der Waals surface area (Å²) in [5, 5.41) is 20.9. The lowest BCUT2D eigenvalue weighted by Gasteiger charge is -2.16. The zero-order valence-corrected chi connectivity index (χ0v) is 8.50. The van der Waals surface area contributed by atoms with Crippen molar-refractivity contribution in [2.45, 2.75) is 19.4 Å². The minimum Gasteiger partial charge on any atom is -0.618 e. The molecule has 1 aromatic rings. The molecule has 0 aliphatic rings. The number of rotatable bonds is 1. The summed E-state index contributed by atoms with van der Waals surface area (Å²) in [6.07, 6.45) is 0. The fraction of sp³-hybridized carbons (Fsp3) is 0.375. The molecule has 66 valence electrons. The molecule has 0 aliphatic heterocycles. The van der Waals surface area contributed by atoms with Crippen LogP contribution in [0.4, 0.5) is 0 Å². The SMILES string of the molecule is CC(C)(O)c1cccc(Br)[n+]1[O-]. The number of halogens is 1. The third kappa shape index (κ3) is 1.76. The molecule has 0 fully saturated rings. The quantitative estimate of drug-likeness (QED) is 0.450. The molecule has 0 radical (unpaired) electrons. The van der Waals surface area contributed by atoms with Gasteiger partial charge in [-0.15, -0.1) is 0 Å². The Morgan fingerprint density at radius 2 is 2.08 bits per heavy atom. The van der Waals surface area contributed by atoms with Gasteiger partial charge in [0.25, 0.3) is 4.60 Å². The maximum Gasteiger partial charge on any atom is 0.259 e. The summed E-state index contributed by atoms with van der Waals surface area (Å²) in [6.45, 7) is 3.15. The highest BCUT2D eigenvalue weighted by molar-refractivity contribution is 9.10. The first kappa shape index (κ1) is 9.48. The number of nitrogens with zero attached hydrogens (tertiary/aromatic N) is 1. The molecule has 1 N–H and O–H groups in total. The van der Waals surface area contributed by atoms with E-state index in [9.17, 15) is 10.3 Å². The molecule has 0 saturated carbocycles. The fourth-order valence-electron chi connectivity index (χ4n) is 0.922. The van der Waals surface area contributed by atoms with Gasteiger partial charge >= 0.3 is 0 Å². The first-order chi connectivity index (χ1) is 5.43. The third-order valence-corrected chi connectivity index (χ3v) is 2.11. The topological polar surface area (TPSA) is 47.2 Å². The molecule has 1 heterocycles. The van der Waals surface area contributed by atoms with Gasteiger partial charge < -0.3 is 10.3 Å². The lowest BCUT2D eigenvalue weighted by atomic mass is 10.1. The zero-order chi connectivity index (χ0) is 9.35. The van der Waals surface area contributed by atoms with Gasteiger partial charge in [-0.3, -0.25) is 0 Å². The summed E-state index contributed by atoms with van der Waals surface area (Å²) in [4.78, 5) is 0. The maximum atomic E-state index is 11.3. The van der Waals surface area contributed by atoms with E-state index in [0.717, 1.165) is 0 Å². The number of hydrogen-bond donors (Lipinski definition) is 1. The Bertz CT molecular complexity index is 294. The van der Waals surface area contributed by atoms with Crippen LogP contribution in [0.15, 0.2) is 22.8 Å². The monoisotopic (exact) mass is 231 g/mol. The Balaban J connectivity index is 3.26. The normalized spacial score (nSPS) is 11.7. The maximum absolute atomic E-state index is 11.3. The molecular weight excluding hydrogens is 222 g/mol. The summed E-state index contributed by atoms with van der Waals surface area (Å²) in [5.41, 5.74) is -0.775.